The van der Waals surface area contributed by atoms with E-state index in [2.05, 4.69) is 10.3 Å². The first-order valence-corrected chi connectivity index (χ1v) is 3.97. The van der Waals surface area contributed by atoms with E-state index in [9.17, 15) is 4.79 Å². The van der Waals surface area contributed by atoms with Crippen LogP contribution >= 0.6 is 0 Å². The Morgan fingerprint density at radius 1 is 1.85 bits per heavy atom. The summed E-state index contributed by atoms with van der Waals surface area (Å²) >= 11 is 0. The summed E-state index contributed by atoms with van der Waals surface area (Å²) in [6.45, 7) is 3.48. The molecule has 0 spiro atoms. The van der Waals surface area contributed by atoms with Crippen LogP contribution in [-0.4, -0.2) is 28.6 Å². The highest BCUT2D eigenvalue weighted by molar-refractivity contribution is 5.92. The summed E-state index contributed by atoms with van der Waals surface area (Å²) < 4.78 is 4.85. The molecule has 2 N–H and O–H groups in total. The van der Waals surface area contributed by atoms with Crippen molar-refractivity contribution >= 4 is 5.91 Å². The Bertz CT molecular complexity index is 293. The number of oxazole rings is 1. The molecule has 1 heterocycles. The van der Waals surface area contributed by atoms with Crippen molar-refractivity contribution in [2.24, 2.45) is 0 Å². The quantitative estimate of drug-likeness (QED) is 0.698. The lowest BCUT2D eigenvalue weighted by atomic mass is 10.3. The van der Waals surface area contributed by atoms with Gasteiger partial charge in [0.15, 0.2) is 6.39 Å². The summed E-state index contributed by atoms with van der Waals surface area (Å²) in [5.74, 6) is -0.156. The van der Waals surface area contributed by atoms with E-state index in [1.165, 1.54) is 6.39 Å². The Hall–Kier alpha value is -1.36. The average Bonchev–Trinajstić information content (AvgIpc) is 2.47. The van der Waals surface area contributed by atoms with Gasteiger partial charge in [0.1, 0.15) is 0 Å². The summed E-state index contributed by atoms with van der Waals surface area (Å²) in [5, 5.41) is 11.4. The molecule has 0 saturated carbocycles. The summed E-state index contributed by atoms with van der Waals surface area (Å²) in [4.78, 5) is 15.0. The molecule has 1 aromatic heterocycles. The maximum Gasteiger partial charge on any atom is 0.289 e. The number of nitrogens with zero attached hydrogens (tertiary/aromatic N) is 1. The highest BCUT2D eigenvalue weighted by Gasteiger charge is 2.13. The number of nitrogens with one attached hydrogen (secondary N) is 1. The zero-order valence-electron chi connectivity index (χ0n) is 7.57. The van der Waals surface area contributed by atoms with E-state index in [4.69, 9.17) is 9.52 Å². The van der Waals surface area contributed by atoms with Crippen molar-refractivity contribution in [3.8, 4) is 0 Å². The molecule has 72 valence electrons. The molecule has 1 amide bonds. The van der Waals surface area contributed by atoms with Crippen LogP contribution in [0.5, 0.6) is 0 Å². The lowest BCUT2D eigenvalue weighted by Crippen LogP contribution is -2.30. The van der Waals surface area contributed by atoms with Crippen molar-refractivity contribution in [3.05, 3.63) is 17.8 Å². The van der Waals surface area contributed by atoms with Crippen molar-refractivity contribution in [2.75, 3.05) is 6.54 Å². The van der Waals surface area contributed by atoms with Crippen LogP contribution in [0, 0.1) is 6.92 Å². The van der Waals surface area contributed by atoms with Gasteiger partial charge in [0, 0.05) is 6.54 Å². The van der Waals surface area contributed by atoms with E-state index in [0.717, 1.165) is 0 Å². The third-order valence-electron chi connectivity index (χ3n) is 1.51. The second-order valence-corrected chi connectivity index (χ2v) is 2.83. The normalized spacial score (nSPS) is 12.5. The van der Waals surface area contributed by atoms with Crippen molar-refractivity contribution in [3.63, 3.8) is 0 Å². The number of aryl methyl sites for hydroxylation is 1. The topological polar surface area (TPSA) is 75.4 Å². The SMILES string of the molecule is Cc1ncoc1C(=O)NC[C@@H](C)O. The lowest BCUT2D eigenvalue weighted by molar-refractivity contribution is 0.0895. The van der Waals surface area contributed by atoms with E-state index >= 15 is 0 Å². The minimum atomic E-state index is -0.563. The largest absolute Gasteiger partial charge is 0.438 e. The van der Waals surface area contributed by atoms with Crippen LogP contribution in [0.25, 0.3) is 0 Å². The van der Waals surface area contributed by atoms with Crippen LogP contribution in [0.3, 0.4) is 0 Å². The number of aliphatic hydroxyl groups is 1. The van der Waals surface area contributed by atoms with Gasteiger partial charge in [-0.05, 0) is 13.8 Å². The fraction of sp³-hybridized carbons (Fsp3) is 0.500. The predicted octanol–water partition coefficient (Wildman–Crippen LogP) is 0.0936. The molecule has 13 heavy (non-hydrogen) atoms. The van der Waals surface area contributed by atoms with Crippen LogP contribution < -0.4 is 5.32 Å². The minimum absolute atomic E-state index is 0.195. The summed E-state index contributed by atoms with van der Waals surface area (Å²) in [6, 6.07) is 0. The van der Waals surface area contributed by atoms with Crippen molar-refractivity contribution < 1.29 is 14.3 Å². The second kappa shape index (κ2) is 4.04. The number of hydrogen-bond donors (Lipinski definition) is 2. The van der Waals surface area contributed by atoms with E-state index in [1.54, 1.807) is 13.8 Å². The van der Waals surface area contributed by atoms with Crippen LogP contribution in [0.4, 0.5) is 0 Å². The molecule has 5 nitrogen and oxygen atoms in total. The zero-order chi connectivity index (χ0) is 9.84. The molecule has 0 bridgehead atoms. The van der Waals surface area contributed by atoms with Crippen LogP contribution in [0.1, 0.15) is 23.2 Å². The molecule has 5 heteroatoms. The molecule has 0 unspecified atom stereocenters. The molecule has 0 aliphatic rings. The summed E-state index contributed by atoms with van der Waals surface area (Å²) in [5.41, 5.74) is 0.545. The van der Waals surface area contributed by atoms with Crippen LogP contribution in [0.2, 0.25) is 0 Å². The average molecular weight is 184 g/mol. The Labute approximate surface area is 75.8 Å². The van der Waals surface area contributed by atoms with E-state index in [0.29, 0.717) is 5.69 Å². The van der Waals surface area contributed by atoms with E-state index in [1.807, 2.05) is 0 Å². The zero-order valence-corrected chi connectivity index (χ0v) is 7.57. The molecule has 1 aromatic rings. The standard InChI is InChI=1S/C8H12N2O3/c1-5(11)3-9-8(12)7-6(2)10-4-13-7/h4-5,11H,3H2,1-2H3,(H,9,12)/t5-/m1/s1. The minimum Gasteiger partial charge on any atom is -0.438 e. The van der Waals surface area contributed by atoms with Crippen LogP contribution in [0.15, 0.2) is 10.8 Å². The molecule has 0 aromatic carbocycles. The number of carbonyl (C=O) groups is 1. The molecular weight excluding hydrogens is 172 g/mol. The lowest BCUT2D eigenvalue weighted by Gasteiger charge is -2.04. The van der Waals surface area contributed by atoms with Crippen molar-refractivity contribution in [1.29, 1.82) is 0 Å². The van der Waals surface area contributed by atoms with Gasteiger partial charge in [-0.3, -0.25) is 4.79 Å². The smallest absolute Gasteiger partial charge is 0.289 e. The number of aromatic nitrogens is 1. The molecule has 1 rings (SSSR count). The van der Waals surface area contributed by atoms with Crippen molar-refractivity contribution in [2.45, 2.75) is 20.0 Å². The predicted molar refractivity (Wildman–Crippen MR) is 45.3 cm³/mol. The van der Waals surface area contributed by atoms with Gasteiger partial charge in [-0.25, -0.2) is 4.98 Å². The first-order valence-electron chi connectivity index (χ1n) is 3.97. The summed E-state index contributed by atoms with van der Waals surface area (Å²) in [7, 11) is 0. The van der Waals surface area contributed by atoms with Gasteiger partial charge in [0.05, 0.1) is 11.8 Å². The van der Waals surface area contributed by atoms with Gasteiger partial charge in [-0.1, -0.05) is 0 Å². The van der Waals surface area contributed by atoms with Gasteiger partial charge in [0.25, 0.3) is 5.91 Å². The molecular formula is C8H12N2O3. The van der Waals surface area contributed by atoms with Gasteiger partial charge in [0.2, 0.25) is 5.76 Å². The maximum atomic E-state index is 11.3. The second-order valence-electron chi connectivity index (χ2n) is 2.83. The number of carbonyl (C=O) groups excluding carboxylic acids is 1. The highest BCUT2D eigenvalue weighted by Crippen LogP contribution is 2.03. The van der Waals surface area contributed by atoms with Crippen molar-refractivity contribution in [1.82, 2.24) is 10.3 Å². The van der Waals surface area contributed by atoms with Gasteiger partial charge in [-0.2, -0.15) is 0 Å². The number of amides is 1. The first-order chi connectivity index (χ1) is 6.11. The molecule has 0 radical (unpaired) electrons. The Balaban J connectivity index is 2.54. The van der Waals surface area contributed by atoms with Crippen LogP contribution in [-0.2, 0) is 0 Å². The highest BCUT2D eigenvalue weighted by atomic mass is 16.3. The molecule has 1 atom stereocenters. The molecule has 0 aliphatic heterocycles. The number of aliphatic hydroxyl groups excluding tert-OH is 1. The molecule has 0 fully saturated rings. The molecule has 0 saturated heterocycles. The Morgan fingerprint density at radius 2 is 2.54 bits per heavy atom. The fourth-order valence-corrected chi connectivity index (χ4v) is 0.841. The van der Waals surface area contributed by atoms with Gasteiger partial charge < -0.3 is 14.8 Å². The Morgan fingerprint density at radius 3 is 3.00 bits per heavy atom. The third-order valence-corrected chi connectivity index (χ3v) is 1.51. The fourth-order valence-electron chi connectivity index (χ4n) is 0.841. The monoisotopic (exact) mass is 184 g/mol. The number of rotatable bonds is 3. The first kappa shape index (κ1) is 9.73. The van der Waals surface area contributed by atoms with Gasteiger partial charge in [-0.15, -0.1) is 0 Å². The number of hydrogen-bond acceptors (Lipinski definition) is 4. The summed E-state index contributed by atoms with van der Waals surface area (Å²) in [6.07, 6.45) is 0.652. The van der Waals surface area contributed by atoms with Gasteiger partial charge >= 0.3 is 0 Å². The maximum absolute atomic E-state index is 11.3. The molecule has 0 aliphatic carbocycles. The third kappa shape index (κ3) is 2.55. The van der Waals surface area contributed by atoms with E-state index < -0.39 is 6.10 Å². The van der Waals surface area contributed by atoms with E-state index in [-0.39, 0.29) is 18.2 Å². The Kier molecular flexibility index (Phi) is 3.02.